The highest BCUT2D eigenvalue weighted by Crippen LogP contribution is 2.37. The molecule has 0 saturated heterocycles. The van der Waals surface area contributed by atoms with Crippen molar-refractivity contribution in [1.29, 1.82) is 0 Å². The van der Waals surface area contributed by atoms with E-state index in [0.717, 1.165) is 55.4 Å². The minimum Gasteiger partial charge on any atom is -0.622 e. The van der Waals surface area contributed by atoms with Gasteiger partial charge in [-0.15, -0.1) is 0 Å². The van der Waals surface area contributed by atoms with Crippen LogP contribution in [0.5, 0.6) is 0 Å². The van der Waals surface area contributed by atoms with Gasteiger partial charge in [0.1, 0.15) is 5.71 Å². The molecule has 0 radical (unpaired) electrons. The van der Waals surface area contributed by atoms with Crippen molar-refractivity contribution < 1.29 is 9.95 Å². The van der Waals surface area contributed by atoms with Gasteiger partial charge in [0.25, 0.3) is 5.66 Å². The molecule has 3 rings (SSSR count). The highest BCUT2D eigenvalue weighted by molar-refractivity contribution is 6.68. The van der Waals surface area contributed by atoms with Gasteiger partial charge in [-0.2, -0.15) is 4.74 Å². The third-order valence-corrected chi connectivity index (χ3v) is 4.09. The van der Waals surface area contributed by atoms with Crippen molar-refractivity contribution in [2.75, 3.05) is 0 Å². The maximum atomic E-state index is 12.4. The number of fused-ring (bicyclic) bond motifs is 1. The van der Waals surface area contributed by atoms with Gasteiger partial charge in [0, 0.05) is 19.3 Å². The molecule has 17 heavy (non-hydrogen) atoms. The highest BCUT2D eigenvalue weighted by Gasteiger charge is 2.49. The van der Waals surface area contributed by atoms with E-state index < -0.39 is 5.66 Å². The zero-order valence-electron chi connectivity index (χ0n) is 9.85. The summed E-state index contributed by atoms with van der Waals surface area (Å²) in [6, 6.07) is 0. The zero-order valence-corrected chi connectivity index (χ0v) is 9.85. The van der Waals surface area contributed by atoms with Crippen LogP contribution in [0.2, 0.25) is 0 Å². The molecule has 2 saturated carbocycles. The molecule has 1 aliphatic heterocycles. The van der Waals surface area contributed by atoms with Gasteiger partial charge in [0.05, 0.1) is 0 Å². The van der Waals surface area contributed by atoms with Crippen molar-refractivity contribution in [1.82, 2.24) is 0 Å². The lowest BCUT2D eigenvalue weighted by molar-refractivity contribution is -0.548. The number of oxime groups is 1. The van der Waals surface area contributed by atoms with Crippen LogP contribution in [0, 0.1) is 5.21 Å². The Labute approximate surface area is 100 Å². The predicted octanol–water partition coefficient (Wildman–Crippen LogP) is 2.07. The van der Waals surface area contributed by atoms with Crippen molar-refractivity contribution in [2.45, 2.75) is 57.0 Å². The van der Waals surface area contributed by atoms with Crippen LogP contribution < -0.4 is 0 Å². The number of nitrogens with zero attached hydrogens (tertiary/aromatic N) is 3. The molecule has 0 aromatic rings. The second kappa shape index (κ2) is 3.82. The lowest BCUT2D eigenvalue weighted by atomic mass is 9.90. The van der Waals surface area contributed by atoms with Gasteiger partial charge in [-0.3, -0.25) is 0 Å². The Balaban J connectivity index is 2.05. The fourth-order valence-electron chi connectivity index (χ4n) is 3.19. The third-order valence-electron chi connectivity index (χ3n) is 4.09. The second-order valence-electron chi connectivity index (χ2n) is 5.14. The summed E-state index contributed by atoms with van der Waals surface area (Å²) in [4.78, 5) is 4.64. The molecule has 0 atom stereocenters. The molecule has 1 N–H and O–H groups in total. The van der Waals surface area contributed by atoms with Crippen LogP contribution >= 0.6 is 0 Å². The Hall–Kier alpha value is -1.39. The fourth-order valence-corrected chi connectivity index (χ4v) is 3.19. The highest BCUT2D eigenvalue weighted by atomic mass is 16.5. The summed E-state index contributed by atoms with van der Waals surface area (Å²) in [7, 11) is 0. The molecule has 2 fully saturated rings. The first kappa shape index (κ1) is 10.7. The Morgan fingerprint density at radius 1 is 1.18 bits per heavy atom. The molecule has 0 bridgehead atoms. The molecule has 1 spiro atoms. The molecule has 2 aliphatic carbocycles. The van der Waals surface area contributed by atoms with Crippen molar-refractivity contribution in [3.63, 3.8) is 0 Å². The predicted molar refractivity (Wildman–Crippen MR) is 65.0 cm³/mol. The van der Waals surface area contributed by atoms with Crippen LogP contribution in [-0.4, -0.2) is 32.7 Å². The van der Waals surface area contributed by atoms with Crippen LogP contribution in [-0.2, 0) is 0 Å². The fraction of sp³-hybridized carbons (Fsp3) is 0.750. The van der Waals surface area contributed by atoms with E-state index in [0.29, 0.717) is 11.4 Å². The van der Waals surface area contributed by atoms with Gasteiger partial charge in [0.15, 0.2) is 5.71 Å². The van der Waals surface area contributed by atoms with E-state index >= 15 is 0 Å². The van der Waals surface area contributed by atoms with Crippen molar-refractivity contribution in [2.24, 2.45) is 10.1 Å². The van der Waals surface area contributed by atoms with E-state index in [1.54, 1.807) is 0 Å². The topological polar surface area (TPSA) is 71.0 Å². The minimum absolute atomic E-state index is 0.566. The largest absolute Gasteiger partial charge is 0.622 e. The van der Waals surface area contributed by atoms with Gasteiger partial charge >= 0.3 is 0 Å². The molecule has 0 aromatic heterocycles. The molecule has 1 heterocycles. The normalized spacial score (nSPS) is 29.6. The lowest BCUT2D eigenvalue weighted by Gasteiger charge is -2.28. The summed E-state index contributed by atoms with van der Waals surface area (Å²) in [6.45, 7) is 0. The number of rotatable bonds is 0. The van der Waals surface area contributed by atoms with E-state index in [1.165, 1.54) is 6.42 Å². The Kier molecular flexibility index (Phi) is 2.42. The quantitative estimate of drug-likeness (QED) is 0.302. The smallest absolute Gasteiger partial charge is 0.266 e. The Morgan fingerprint density at radius 2 is 1.94 bits per heavy atom. The molecular weight excluding hydrogens is 218 g/mol. The maximum absolute atomic E-state index is 12.4. The molecule has 5 heteroatoms. The summed E-state index contributed by atoms with van der Waals surface area (Å²) in [5.74, 6) is 0. The summed E-state index contributed by atoms with van der Waals surface area (Å²) >= 11 is 0. The Bertz CT molecular complexity index is 431. The minimum atomic E-state index is -0.566. The maximum Gasteiger partial charge on any atom is 0.266 e. The van der Waals surface area contributed by atoms with E-state index in [4.69, 9.17) is 5.21 Å². The van der Waals surface area contributed by atoms with Gasteiger partial charge in [-0.1, -0.05) is 11.6 Å². The van der Waals surface area contributed by atoms with Crippen molar-refractivity contribution in [3.05, 3.63) is 5.21 Å². The van der Waals surface area contributed by atoms with Crippen LogP contribution in [0.25, 0.3) is 0 Å². The summed E-state index contributed by atoms with van der Waals surface area (Å²) in [5.41, 5.74) is 1.44. The number of hydrogen-bond acceptors (Lipinski definition) is 4. The molecule has 92 valence electrons. The molecular formula is C12H17N3O2. The standard InChI is InChI=1S/C12H17N3O2/c16-14-9-5-4-6-10-11(9)13-12(15(10)17)7-2-1-3-8-12/h16H,1-8H2/b14-9-. The van der Waals surface area contributed by atoms with Gasteiger partial charge in [-0.05, 0) is 25.7 Å². The third kappa shape index (κ3) is 1.48. The zero-order chi connectivity index (χ0) is 11.9. The molecule has 5 nitrogen and oxygen atoms in total. The first-order valence-electron chi connectivity index (χ1n) is 6.41. The van der Waals surface area contributed by atoms with Crippen LogP contribution in [0.4, 0.5) is 0 Å². The number of hydrogen-bond donors (Lipinski definition) is 1. The first-order chi connectivity index (χ1) is 8.27. The monoisotopic (exact) mass is 235 g/mol. The molecule has 0 aromatic carbocycles. The number of aliphatic imine (C=N–C) groups is 1. The van der Waals surface area contributed by atoms with Crippen molar-refractivity contribution >= 4 is 17.1 Å². The summed E-state index contributed by atoms with van der Waals surface area (Å²) in [6.07, 6.45) is 7.36. The van der Waals surface area contributed by atoms with Gasteiger partial charge in [-0.25, -0.2) is 4.99 Å². The van der Waals surface area contributed by atoms with Crippen LogP contribution in [0.1, 0.15) is 51.4 Å². The summed E-state index contributed by atoms with van der Waals surface area (Å²) < 4.78 is 1.12. The Morgan fingerprint density at radius 3 is 2.65 bits per heavy atom. The van der Waals surface area contributed by atoms with E-state index in [2.05, 4.69) is 10.1 Å². The first-order valence-corrected chi connectivity index (χ1v) is 6.41. The average Bonchev–Trinajstić information content (AvgIpc) is 2.64. The average molecular weight is 235 g/mol. The molecule has 0 amide bonds. The lowest BCUT2D eigenvalue weighted by Crippen LogP contribution is -2.39. The summed E-state index contributed by atoms with van der Waals surface area (Å²) in [5, 5.41) is 24.7. The van der Waals surface area contributed by atoms with Gasteiger partial charge in [0.2, 0.25) is 5.71 Å². The van der Waals surface area contributed by atoms with E-state index in [-0.39, 0.29) is 0 Å². The van der Waals surface area contributed by atoms with Crippen LogP contribution in [0.15, 0.2) is 10.1 Å². The van der Waals surface area contributed by atoms with E-state index in [1.807, 2.05) is 0 Å². The van der Waals surface area contributed by atoms with Gasteiger partial charge < -0.3 is 10.4 Å². The molecule has 0 unspecified atom stereocenters. The van der Waals surface area contributed by atoms with Crippen molar-refractivity contribution in [3.8, 4) is 0 Å². The number of hydroxylamine groups is 1. The second-order valence-corrected chi connectivity index (χ2v) is 5.14. The van der Waals surface area contributed by atoms with Crippen LogP contribution in [0.3, 0.4) is 0 Å². The molecule has 3 aliphatic rings. The SMILES string of the molecule is [O-][N+]1=C2CCC/C(=N/O)C2=NC12CCCCC2. The van der Waals surface area contributed by atoms with E-state index in [9.17, 15) is 5.21 Å².